The molecule has 0 amide bonds. The summed E-state index contributed by atoms with van der Waals surface area (Å²) in [5.41, 5.74) is 4.50. The lowest BCUT2D eigenvalue weighted by molar-refractivity contribution is -0.137. The lowest BCUT2D eigenvalue weighted by Crippen LogP contribution is -2.32. The van der Waals surface area contributed by atoms with Crippen molar-refractivity contribution in [3.63, 3.8) is 0 Å². The molecule has 2 nitrogen and oxygen atoms in total. The molecule has 18 heavy (non-hydrogen) atoms. The van der Waals surface area contributed by atoms with Crippen molar-refractivity contribution in [2.75, 3.05) is 0 Å². The second-order valence-corrected chi connectivity index (χ2v) is 4.99. The molecule has 0 bridgehead atoms. The Balaban J connectivity index is 2.81. The van der Waals surface area contributed by atoms with Crippen molar-refractivity contribution in [2.45, 2.75) is 38.4 Å². The molecule has 0 unspecified atom stereocenters. The fourth-order valence-electron chi connectivity index (χ4n) is 1.45. The summed E-state index contributed by atoms with van der Waals surface area (Å²) in [5, 5.41) is 0. The Morgan fingerprint density at radius 2 is 1.89 bits per heavy atom. The van der Waals surface area contributed by atoms with Gasteiger partial charge in [0.15, 0.2) is 5.78 Å². The maximum absolute atomic E-state index is 12.5. The van der Waals surface area contributed by atoms with Crippen molar-refractivity contribution >= 4 is 5.78 Å². The minimum absolute atomic E-state index is 0.0778. The topological polar surface area (TPSA) is 43.1 Å². The number of ketones is 1. The third-order valence-corrected chi connectivity index (χ3v) is 2.51. The Bertz CT molecular complexity index is 433. The Kier molecular flexibility index (Phi) is 4.16. The molecule has 0 fully saturated rings. The van der Waals surface area contributed by atoms with Crippen LogP contribution in [0.15, 0.2) is 24.3 Å². The molecular formula is C13H16F3NO. The first-order valence-corrected chi connectivity index (χ1v) is 5.59. The molecule has 0 aliphatic heterocycles. The van der Waals surface area contributed by atoms with E-state index < -0.39 is 17.3 Å². The molecule has 2 N–H and O–H groups in total. The number of hydrogen-bond acceptors (Lipinski definition) is 2. The van der Waals surface area contributed by atoms with Crippen molar-refractivity contribution in [1.82, 2.24) is 0 Å². The van der Waals surface area contributed by atoms with E-state index in [-0.39, 0.29) is 17.8 Å². The number of alkyl halides is 3. The van der Waals surface area contributed by atoms with Gasteiger partial charge in [0.2, 0.25) is 0 Å². The Labute approximate surface area is 104 Å². The first kappa shape index (κ1) is 14.7. The Hall–Kier alpha value is -1.36. The highest BCUT2D eigenvalue weighted by molar-refractivity contribution is 5.96. The second-order valence-electron chi connectivity index (χ2n) is 4.99. The van der Waals surface area contributed by atoms with Gasteiger partial charge < -0.3 is 5.73 Å². The average Bonchev–Trinajstić information content (AvgIpc) is 2.24. The number of carbonyl (C=O) groups is 1. The highest BCUT2D eigenvalue weighted by Gasteiger charge is 2.30. The fourth-order valence-corrected chi connectivity index (χ4v) is 1.45. The summed E-state index contributed by atoms with van der Waals surface area (Å²) in [6, 6.07) is 4.46. The molecular weight excluding hydrogens is 243 g/mol. The zero-order valence-corrected chi connectivity index (χ0v) is 10.3. The number of Topliss-reactive ketones (excluding diaryl/α,β-unsaturated/α-hetero) is 1. The average molecular weight is 259 g/mol. The van der Waals surface area contributed by atoms with Gasteiger partial charge in [-0.2, -0.15) is 13.2 Å². The summed E-state index contributed by atoms with van der Waals surface area (Å²) in [7, 11) is 0. The van der Waals surface area contributed by atoms with Gasteiger partial charge in [0.05, 0.1) is 5.56 Å². The molecule has 0 saturated carbocycles. The van der Waals surface area contributed by atoms with Gasteiger partial charge in [-0.3, -0.25) is 4.79 Å². The third-order valence-electron chi connectivity index (χ3n) is 2.51. The van der Waals surface area contributed by atoms with Gasteiger partial charge in [-0.1, -0.05) is 12.1 Å². The molecule has 0 saturated heterocycles. The van der Waals surface area contributed by atoms with Gasteiger partial charge in [-0.25, -0.2) is 0 Å². The summed E-state index contributed by atoms with van der Waals surface area (Å²) >= 11 is 0. The standard InChI is InChI=1S/C13H16F3NO/c1-12(2,17)7-6-11(18)9-4-3-5-10(8-9)13(14,15)16/h3-5,8H,6-7,17H2,1-2H3. The highest BCUT2D eigenvalue weighted by Crippen LogP contribution is 2.29. The highest BCUT2D eigenvalue weighted by atomic mass is 19.4. The van der Waals surface area contributed by atoms with E-state index >= 15 is 0 Å². The van der Waals surface area contributed by atoms with E-state index in [0.29, 0.717) is 6.42 Å². The SMILES string of the molecule is CC(C)(N)CCC(=O)c1cccc(C(F)(F)F)c1. The number of rotatable bonds is 4. The number of carbonyl (C=O) groups excluding carboxylic acids is 1. The van der Waals surface area contributed by atoms with Crippen molar-refractivity contribution in [3.8, 4) is 0 Å². The van der Waals surface area contributed by atoms with E-state index in [2.05, 4.69) is 0 Å². The van der Waals surface area contributed by atoms with Crippen molar-refractivity contribution in [3.05, 3.63) is 35.4 Å². The van der Waals surface area contributed by atoms with Gasteiger partial charge in [-0.15, -0.1) is 0 Å². The molecule has 1 aromatic rings. The van der Waals surface area contributed by atoms with Gasteiger partial charge in [0.25, 0.3) is 0 Å². The monoisotopic (exact) mass is 259 g/mol. The number of nitrogens with two attached hydrogens (primary N) is 1. The summed E-state index contributed by atoms with van der Waals surface area (Å²) < 4.78 is 37.4. The maximum Gasteiger partial charge on any atom is 0.416 e. The minimum Gasteiger partial charge on any atom is -0.326 e. The number of benzene rings is 1. The molecule has 0 heterocycles. The molecule has 0 radical (unpaired) electrons. The van der Waals surface area contributed by atoms with Crippen LogP contribution in [0.3, 0.4) is 0 Å². The van der Waals surface area contributed by atoms with Crippen LogP contribution in [0, 0.1) is 0 Å². The zero-order valence-electron chi connectivity index (χ0n) is 10.3. The van der Waals surface area contributed by atoms with Crippen LogP contribution >= 0.6 is 0 Å². The van der Waals surface area contributed by atoms with E-state index in [0.717, 1.165) is 12.1 Å². The van der Waals surface area contributed by atoms with Crippen LogP contribution in [0.4, 0.5) is 13.2 Å². The molecule has 1 aromatic carbocycles. The van der Waals surface area contributed by atoms with Gasteiger partial charge in [0.1, 0.15) is 0 Å². The molecule has 5 heteroatoms. The van der Waals surface area contributed by atoms with Gasteiger partial charge in [-0.05, 0) is 32.4 Å². The first-order chi connectivity index (χ1) is 8.09. The molecule has 0 atom stereocenters. The second kappa shape index (κ2) is 5.10. The van der Waals surface area contributed by atoms with Crippen molar-refractivity contribution in [1.29, 1.82) is 0 Å². The largest absolute Gasteiger partial charge is 0.416 e. The van der Waals surface area contributed by atoms with E-state index in [4.69, 9.17) is 5.73 Å². The Morgan fingerprint density at radius 3 is 2.39 bits per heavy atom. The van der Waals surface area contributed by atoms with Crippen molar-refractivity contribution < 1.29 is 18.0 Å². The van der Waals surface area contributed by atoms with E-state index in [9.17, 15) is 18.0 Å². The molecule has 0 aliphatic rings. The maximum atomic E-state index is 12.5. The molecule has 1 rings (SSSR count). The van der Waals surface area contributed by atoms with E-state index in [1.54, 1.807) is 13.8 Å². The summed E-state index contributed by atoms with van der Waals surface area (Å²) in [5.74, 6) is -0.320. The number of hydrogen-bond donors (Lipinski definition) is 1. The third kappa shape index (κ3) is 4.49. The summed E-state index contributed by atoms with van der Waals surface area (Å²) in [4.78, 5) is 11.7. The van der Waals surface area contributed by atoms with Crippen LogP contribution in [0.1, 0.15) is 42.6 Å². The van der Waals surface area contributed by atoms with E-state index in [1.165, 1.54) is 12.1 Å². The van der Waals surface area contributed by atoms with Crippen LogP contribution in [0.2, 0.25) is 0 Å². The van der Waals surface area contributed by atoms with Crippen LogP contribution in [0.25, 0.3) is 0 Å². The molecule has 0 aliphatic carbocycles. The minimum atomic E-state index is -4.43. The lowest BCUT2D eigenvalue weighted by atomic mass is 9.95. The summed E-state index contributed by atoms with van der Waals surface area (Å²) in [6.07, 6.45) is -3.85. The Morgan fingerprint density at radius 1 is 1.28 bits per heavy atom. The first-order valence-electron chi connectivity index (χ1n) is 5.59. The molecule has 0 aromatic heterocycles. The van der Waals surface area contributed by atoms with Crippen LogP contribution in [0.5, 0.6) is 0 Å². The van der Waals surface area contributed by atoms with Crippen LogP contribution in [-0.4, -0.2) is 11.3 Å². The molecule has 0 spiro atoms. The van der Waals surface area contributed by atoms with Crippen molar-refractivity contribution in [2.24, 2.45) is 5.73 Å². The van der Waals surface area contributed by atoms with Gasteiger partial charge >= 0.3 is 6.18 Å². The normalized spacial score (nSPS) is 12.6. The quantitative estimate of drug-likeness (QED) is 0.842. The molecule has 100 valence electrons. The van der Waals surface area contributed by atoms with E-state index in [1.807, 2.05) is 0 Å². The smallest absolute Gasteiger partial charge is 0.326 e. The fraction of sp³-hybridized carbons (Fsp3) is 0.462. The predicted octanol–water partition coefficient (Wildman–Crippen LogP) is 3.41. The lowest BCUT2D eigenvalue weighted by Gasteiger charge is -2.17. The zero-order chi connectivity index (χ0) is 14.0. The summed E-state index contributed by atoms with van der Waals surface area (Å²) in [6.45, 7) is 3.54. The predicted molar refractivity (Wildman–Crippen MR) is 63.3 cm³/mol. The van der Waals surface area contributed by atoms with Crippen LogP contribution in [-0.2, 0) is 6.18 Å². The number of halogens is 3. The van der Waals surface area contributed by atoms with Crippen LogP contribution < -0.4 is 5.73 Å². The van der Waals surface area contributed by atoms with Gasteiger partial charge in [0, 0.05) is 17.5 Å².